The van der Waals surface area contributed by atoms with E-state index in [4.69, 9.17) is 5.11 Å². The molecule has 3 N–H and O–H groups in total. The van der Waals surface area contributed by atoms with Crippen molar-refractivity contribution in [2.24, 2.45) is 0 Å². The van der Waals surface area contributed by atoms with Crippen LogP contribution in [-0.2, 0) is 11.2 Å². The van der Waals surface area contributed by atoms with Crippen LogP contribution in [0.15, 0.2) is 43.0 Å². The molecule has 0 saturated carbocycles. The molecule has 19 heavy (non-hydrogen) atoms. The molecule has 5 nitrogen and oxygen atoms in total. The highest BCUT2D eigenvalue weighted by atomic mass is 16.4. The Hall–Kier alpha value is -2.30. The van der Waals surface area contributed by atoms with Crippen molar-refractivity contribution in [1.82, 2.24) is 10.6 Å². The van der Waals surface area contributed by atoms with Gasteiger partial charge in [0.15, 0.2) is 0 Å². The summed E-state index contributed by atoms with van der Waals surface area (Å²) in [6, 6.07) is 7.46. The lowest BCUT2D eigenvalue weighted by atomic mass is 10.1. The maximum Gasteiger partial charge on any atom is 0.326 e. The fourth-order valence-corrected chi connectivity index (χ4v) is 1.52. The topological polar surface area (TPSA) is 78.4 Å². The van der Waals surface area contributed by atoms with Crippen LogP contribution >= 0.6 is 0 Å². The molecule has 0 fully saturated rings. The summed E-state index contributed by atoms with van der Waals surface area (Å²) in [6.07, 6.45) is 1.80. The number of urea groups is 1. The van der Waals surface area contributed by atoms with E-state index in [1.54, 1.807) is 13.0 Å². The molecule has 0 bridgehead atoms. The molecule has 0 aliphatic rings. The van der Waals surface area contributed by atoms with Gasteiger partial charge in [0.05, 0.1) is 0 Å². The second kappa shape index (κ2) is 7.20. The molecule has 102 valence electrons. The van der Waals surface area contributed by atoms with Gasteiger partial charge in [0.1, 0.15) is 6.04 Å². The van der Waals surface area contributed by atoms with E-state index in [1.165, 1.54) is 0 Å². The fraction of sp³-hybridized carbons (Fsp3) is 0.286. The molecular formula is C14H18N2O3. The molecule has 0 heterocycles. The monoisotopic (exact) mass is 262 g/mol. The minimum Gasteiger partial charge on any atom is -0.480 e. The van der Waals surface area contributed by atoms with Gasteiger partial charge in [-0.3, -0.25) is 0 Å². The number of amides is 2. The molecule has 0 aromatic heterocycles. The van der Waals surface area contributed by atoms with Crippen molar-refractivity contribution in [3.05, 3.63) is 48.6 Å². The third kappa shape index (κ3) is 5.25. The van der Waals surface area contributed by atoms with Gasteiger partial charge in [-0.15, -0.1) is 6.58 Å². The maximum atomic E-state index is 11.6. The Morgan fingerprint density at radius 1 is 1.32 bits per heavy atom. The summed E-state index contributed by atoms with van der Waals surface area (Å²) in [7, 11) is 0. The highest BCUT2D eigenvalue weighted by molar-refractivity contribution is 5.82. The Labute approximate surface area is 112 Å². The van der Waals surface area contributed by atoms with Gasteiger partial charge in [-0.1, -0.05) is 36.4 Å². The van der Waals surface area contributed by atoms with Crippen LogP contribution in [0.25, 0.3) is 0 Å². The van der Waals surface area contributed by atoms with Crippen molar-refractivity contribution in [3.8, 4) is 0 Å². The van der Waals surface area contributed by atoms with Crippen LogP contribution in [0.5, 0.6) is 0 Å². The van der Waals surface area contributed by atoms with Crippen molar-refractivity contribution in [1.29, 1.82) is 0 Å². The summed E-state index contributed by atoms with van der Waals surface area (Å²) in [6.45, 7) is 5.29. The zero-order valence-corrected chi connectivity index (χ0v) is 10.8. The SMILES string of the molecule is C=CC(C)NC(=O)N[C@H](Cc1ccccc1)C(=O)O. The summed E-state index contributed by atoms with van der Waals surface area (Å²) in [5.41, 5.74) is 0.854. The number of benzene rings is 1. The van der Waals surface area contributed by atoms with Crippen molar-refractivity contribution < 1.29 is 14.7 Å². The Morgan fingerprint density at radius 2 is 1.95 bits per heavy atom. The van der Waals surface area contributed by atoms with Crippen molar-refractivity contribution in [2.75, 3.05) is 0 Å². The summed E-state index contributed by atoms with van der Waals surface area (Å²) in [4.78, 5) is 22.7. The molecule has 1 unspecified atom stereocenters. The first-order chi connectivity index (χ1) is 9.02. The fourth-order valence-electron chi connectivity index (χ4n) is 1.52. The van der Waals surface area contributed by atoms with Crippen molar-refractivity contribution in [2.45, 2.75) is 25.4 Å². The summed E-state index contributed by atoms with van der Waals surface area (Å²) in [5.74, 6) is -1.06. The van der Waals surface area contributed by atoms with Crippen molar-refractivity contribution >= 4 is 12.0 Å². The first-order valence-corrected chi connectivity index (χ1v) is 5.99. The van der Waals surface area contributed by atoms with E-state index >= 15 is 0 Å². The van der Waals surface area contributed by atoms with E-state index < -0.39 is 18.0 Å². The smallest absolute Gasteiger partial charge is 0.326 e. The third-order valence-corrected chi connectivity index (χ3v) is 2.60. The predicted molar refractivity (Wildman–Crippen MR) is 72.9 cm³/mol. The van der Waals surface area contributed by atoms with Gasteiger partial charge in [-0.2, -0.15) is 0 Å². The summed E-state index contributed by atoms with van der Waals surface area (Å²) >= 11 is 0. The molecule has 2 atom stereocenters. The van der Waals surface area contributed by atoms with Crippen LogP contribution < -0.4 is 10.6 Å². The molecule has 1 aromatic rings. The van der Waals surface area contributed by atoms with Gasteiger partial charge in [0.2, 0.25) is 0 Å². The molecule has 0 aliphatic heterocycles. The lowest BCUT2D eigenvalue weighted by Crippen LogP contribution is -2.48. The highest BCUT2D eigenvalue weighted by Crippen LogP contribution is 2.03. The molecule has 0 aliphatic carbocycles. The number of carboxylic acids is 1. The molecule has 5 heteroatoms. The average molecular weight is 262 g/mol. The molecular weight excluding hydrogens is 244 g/mol. The summed E-state index contributed by atoms with van der Waals surface area (Å²) < 4.78 is 0. The second-order valence-corrected chi connectivity index (χ2v) is 4.22. The zero-order valence-electron chi connectivity index (χ0n) is 10.8. The van der Waals surface area contributed by atoms with Crippen LogP contribution in [0.1, 0.15) is 12.5 Å². The third-order valence-electron chi connectivity index (χ3n) is 2.60. The Morgan fingerprint density at radius 3 is 2.47 bits per heavy atom. The predicted octanol–water partition coefficient (Wildman–Crippen LogP) is 1.56. The average Bonchev–Trinajstić information content (AvgIpc) is 2.38. The van der Waals surface area contributed by atoms with Crippen LogP contribution in [0.2, 0.25) is 0 Å². The Balaban J connectivity index is 2.61. The van der Waals surface area contributed by atoms with Gasteiger partial charge >= 0.3 is 12.0 Å². The number of carbonyl (C=O) groups excluding carboxylic acids is 1. The van der Waals surface area contributed by atoms with E-state index in [2.05, 4.69) is 17.2 Å². The van der Waals surface area contributed by atoms with E-state index in [1.807, 2.05) is 30.3 Å². The normalized spacial score (nSPS) is 13.1. The van der Waals surface area contributed by atoms with E-state index in [0.29, 0.717) is 0 Å². The zero-order chi connectivity index (χ0) is 14.3. The number of carboxylic acid groups (broad SMARTS) is 1. The van der Waals surface area contributed by atoms with Gasteiger partial charge in [0.25, 0.3) is 0 Å². The maximum absolute atomic E-state index is 11.6. The first-order valence-electron chi connectivity index (χ1n) is 5.99. The number of aliphatic carboxylic acids is 1. The van der Waals surface area contributed by atoms with Crippen LogP contribution in [0, 0.1) is 0 Å². The molecule has 0 spiro atoms. The minimum atomic E-state index is -1.06. The molecule has 1 aromatic carbocycles. The van der Waals surface area contributed by atoms with Gasteiger partial charge in [-0.25, -0.2) is 9.59 Å². The number of hydrogen-bond donors (Lipinski definition) is 3. The first kappa shape index (κ1) is 14.8. The summed E-state index contributed by atoms with van der Waals surface area (Å²) in [5, 5.41) is 14.1. The lowest BCUT2D eigenvalue weighted by molar-refractivity contribution is -0.139. The number of nitrogens with one attached hydrogen (secondary N) is 2. The largest absolute Gasteiger partial charge is 0.480 e. The van der Waals surface area contributed by atoms with Crippen LogP contribution in [0.3, 0.4) is 0 Å². The van der Waals surface area contributed by atoms with E-state index in [0.717, 1.165) is 5.56 Å². The van der Waals surface area contributed by atoms with E-state index in [-0.39, 0.29) is 12.5 Å². The van der Waals surface area contributed by atoms with E-state index in [9.17, 15) is 9.59 Å². The quantitative estimate of drug-likeness (QED) is 0.681. The number of carbonyl (C=O) groups is 2. The van der Waals surface area contributed by atoms with Gasteiger partial charge in [0, 0.05) is 12.5 Å². The van der Waals surface area contributed by atoms with Gasteiger partial charge in [-0.05, 0) is 12.5 Å². The molecule has 2 amide bonds. The second-order valence-electron chi connectivity index (χ2n) is 4.22. The Bertz CT molecular complexity index is 445. The van der Waals surface area contributed by atoms with Crippen molar-refractivity contribution in [3.63, 3.8) is 0 Å². The van der Waals surface area contributed by atoms with Crippen LogP contribution in [-0.4, -0.2) is 29.2 Å². The van der Waals surface area contributed by atoms with Gasteiger partial charge < -0.3 is 15.7 Å². The van der Waals surface area contributed by atoms with Crippen LogP contribution in [0.4, 0.5) is 4.79 Å². The highest BCUT2D eigenvalue weighted by Gasteiger charge is 2.20. The number of hydrogen-bond acceptors (Lipinski definition) is 2. The minimum absolute atomic E-state index is 0.217. The molecule has 0 saturated heterocycles. The number of rotatable bonds is 6. The molecule has 1 rings (SSSR count). The lowest BCUT2D eigenvalue weighted by Gasteiger charge is -2.16. The molecule has 0 radical (unpaired) electrons. The Kier molecular flexibility index (Phi) is 5.60. The standard InChI is InChI=1S/C14H18N2O3/c1-3-10(2)15-14(19)16-12(13(17)18)9-11-7-5-4-6-8-11/h3-8,10,12H,1,9H2,2H3,(H,17,18)(H2,15,16,19)/t10?,12-/m1/s1.